The van der Waals surface area contributed by atoms with Crippen LogP contribution in [0.15, 0.2) is 0 Å². The molecule has 2 N–H and O–H groups in total. The fourth-order valence-corrected chi connectivity index (χ4v) is 3.59. The molecule has 0 aromatic heterocycles. The topological polar surface area (TPSA) is 44.5 Å². The van der Waals surface area contributed by atoms with Crippen LogP contribution in [0.1, 0.15) is 58.3 Å². The number of ether oxygens (including phenoxy) is 2. The van der Waals surface area contributed by atoms with E-state index >= 15 is 0 Å². The summed E-state index contributed by atoms with van der Waals surface area (Å²) in [6.07, 6.45) is 10.8. The highest BCUT2D eigenvalue weighted by Gasteiger charge is 2.30. The Labute approximate surface area is 118 Å². The molecule has 0 radical (unpaired) electrons. The second-order valence-corrected chi connectivity index (χ2v) is 6.32. The summed E-state index contributed by atoms with van der Waals surface area (Å²) in [4.78, 5) is 0. The Morgan fingerprint density at radius 3 is 2.79 bits per heavy atom. The zero-order valence-electron chi connectivity index (χ0n) is 12.5. The standard InChI is InChI=1S/C16H31NO2/c1-2-5-13-7-8-14(11-17)16(10-13)19-12-15-6-3-4-9-18-15/h13-16H,2-12,17H2,1H3. The Bertz CT molecular complexity index is 241. The average Bonchev–Trinajstić information content (AvgIpc) is 2.47. The van der Waals surface area contributed by atoms with Gasteiger partial charge in [0.25, 0.3) is 0 Å². The fourth-order valence-electron chi connectivity index (χ4n) is 3.59. The lowest BCUT2D eigenvalue weighted by Gasteiger charge is -2.36. The first-order valence-electron chi connectivity index (χ1n) is 8.26. The highest BCUT2D eigenvalue weighted by Crippen LogP contribution is 2.33. The minimum Gasteiger partial charge on any atom is -0.376 e. The van der Waals surface area contributed by atoms with Gasteiger partial charge < -0.3 is 15.2 Å². The average molecular weight is 269 g/mol. The third-order valence-electron chi connectivity index (χ3n) is 4.81. The molecule has 4 unspecified atom stereocenters. The van der Waals surface area contributed by atoms with Crippen LogP contribution in [0.2, 0.25) is 0 Å². The van der Waals surface area contributed by atoms with E-state index in [0.717, 1.165) is 25.7 Å². The summed E-state index contributed by atoms with van der Waals surface area (Å²) in [5.41, 5.74) is 5.91. The van der Waals surface area contributed by atoms with Gasteiger partial charge in [-0.3, -0.25) is 0 Å². The maximum Gasteiger partial charge on any atom is 0.0808 e. The van der Waals surface area contributed by atoms with Gasteiger partial charge in [-0.05, 0) is 56.9 Å². The van der Waals surface area contributed by atoms with E-state index in [2.05, 4.69) is 6.92 Å². The summed E-state index contributed by atoms with van der Waals surface area (Å²) in [5.74, 6) is 1.42. The molecule has 0 spiro atoms. The first kappa shape index (κ1) is 15.3. The minimum absolute atomic E-state index is 0.332. The van der Waals surface area contributed by atoms with Crippen molar-refractivity contribution in [2.75, 3.05) is 19.8 Å². The maximum absolute atomic E-state index is 6.20. The van der Waals surface area contributed by atoms with E-state index in [4.69, 9.17) is 15.2 Å². The highest BCUT2D eigenvalue weighted by atomic mass is 16.5. The number of hydrogen-bond donors (Lipinski definition) is 1. The lowest BCUT2D eigenvalue weighted by Crippen LogP contribution is -2.38. The van der Waals surface area contributed by atoms with Crippen molar-refractivity contribution in [1.82, 2.24) is 0 Å². The molecule has 0 aromatic rings. The first-order chi connectivity index (χ1) is 9.33. The summed E-state index contributed by atoms with van der Waals surface area (Å²) < 4.78 is 12.0. The van der Waals surface area contributed by atoms with Gasteiger partial charge in [0, 0.05) is 6.61 Å². The van der Waals surface area contributed by atoms with Gasteiger partial charge in [0.1, 0.15) is 0 Å². The molecule has 3 nitrogen and oxygen atoms in total. The highest BCUT2D eigenvalue weighted by molar-refractivity contribution is 4.82. The first-order valence-corrected chi connectivity index (χ1v) is 8.26. The van der Waals surface area contributed by atoms with E-state index in [1.54, 1.807) is 0 Å². The van der Waals surface area contributed by atoms with E-state index in [1.165, 1.54) is 51.4 Å². The molecule has 1 heterocycles. The largest absolute Gasteiger partial charge is 0.376 e. The van der Waals surface area contributed by atoms with Crippen molar-refractivity contribution in [2.24, 2.45) is 17.6 Å². The number of rotatable bonds is 6. The second-order valence-electron chi connectivity index (χ2n) is 6.32. The number of nitrogens with two attached hydrogens (primary N) is 1. The van der Waals surface area contributed by atoms with Crippen molar-refractivity contribution in [3.63, 3.8) is 0 Å². The van der Waals surface area contributed by atoms with Gasteiger partial charge in [-0.25, -0.2) is 0 Å². The molecule has 0 bridgehead atoms. The summed E-state index contributed by atoms with van der Waals surface area (Å²) in [6.45, 7) is 4.74. The summed E-state index contributed by atoms with van der Waals surface area (Å²) in [5, 5.41) is 0. The van der Waals surface area contributed by atoms with Gasteiger partial charge in [-0.15, -0.1) is 0 Å². The van der Waals surface area contributed by atoms with E-state index in [-0.39, 0.29) is 0 Å². The van der Waals surface area contributed by atoms with Crippen LogP contribution in [0.5, 0.6) is 0 Å². The van der Waals surface area contributed by atoms with Crippen molar-refractivity contribution in [3.05, 3.63) is 0 Å². The van der Waals surface area contributed by atoms with Gasteiger partial charge in [-0.1, -0.05) is 19.8 Å². The molecule has 19 heavy (non-hydrogen) atoms. The van der Waals surface area contributed by atoms with Crippen LogP contribution in [0, 0.1) is 11.8 Å². The summed E-state index contributed by atoms with van der Waals surface area (Å²) in [6, 6.07) is 0. The van der Waals surface area contributed by atoms with Crippen LogP contribution in [-0.2, 0) is 9.47 Å². The zero-order chi connectivity index (χ0) is 13.5. The van der Waals surface area contributed by atoms with E-state index < -0.39 is 0 Å². The van der Waals surface area contributed by atoms with Gasteiger partial charge >= 0.3 is 0 Å². The molecule has 1 aliphatic carbocycles. The molecule has 2 aliphatic rings. The Kier molecular flexibility index (Phi) is 6.62. The second kappa shape index (κ2) is 8.23. The maximum atomic E-state index is 6.20. The Morgan fingerprint density at radius 1 is 1.21 bits per heavy atom. The molecular weight excluding hydrogens is 238 g/mol. The fraction of sp³-hybridized carbons (Fsp3) is 1.00. The Hall–Kier alpha value is -0.120. The molecule has 1 saturated heterocycles. The quantitative estimate of drug-likeness (QED) is 0.806. The molecular formula is C16H31NO2. The molecule has 112 valence electrons. The molecule has 3 heteroatoms. The zero-order valence-corrected chi connectivity index (χ0v) is 12.5. The number of hydrogen-bond acceptors (Lipinski definition) is 3. The normalized spacial score (nSPS) is 36.3. The van der Waals surface area contributed by atoms with Crippen LogP contribution in [-0.4, -0.2) is 32.0 Å². The lowest BCUT2D eigenvalue weighted by atomic mass is 9.78. The van der Waals surface area contributed by atoms with Crippen molar-refractivity contribution < 1.29 is 9.47 Å². The molecule has 4 atom stereocenters. The summed E-state index contributed by atoms with van der Waals surface area (Å²) in [7, 11) is 0. The van der Waals surface area contributed by atoms with Crippen LogP contribution in [0.4, 0.5) is 0 Å². The third-order valence-corrected chi connectivity index (χ3v) is 4.81. The lowest BCUT2D eigenvalue weighted by molar-refractivity contribution is -0.0899. The molecule has 0 amide bonds. The van der Waals surface area contributed by atoms with Gasteiger partial charge in [-0.2, -0.15) is 0 Å². The van der Waals surface area contributed by atoms with Crippen LogP contribution < -0.4 is 5.73 Å². The van der Waals surface area contributed by atoms with Crippen LogP contribution in [0.3, 0.4) is 0 Å². The monoisotopic (exact) mass is 269 g/mol. The molecule has 1 saturated carbocycles. The van der Waals surface area contributed by atoms with Crippen LogP contribution in [0.25, 0.3) is 0 Å². The van der Waals surface area contributed by atoms with E-state index in [9.17, 15) is 0 Å². The van der Waals surface area contributed by atoms with E-state index in [0.29, 0.717) is 18.1 Å². The van der Waals surface area contributed by atoms with Gasteiger partial charge in [0.15, 0.2) is 0 Å². The molecule has 1 aliphatic heterocycles. The minimum atomic E-state index is 0.332. The predicted octanol–water partition coefficient (Wildman–Crippen LogP) is 3.12. The predicted molar refractivity (Wildman–Crippen MR) is 78.1 cm³/mol. The van der Waals surface area contributed by atoms with E-state index in [1.807, 2.05) is 0 Å². The Balaban J connectivity index is 1.76. The third kappa shape index (κ3) is 4.73. The van der Waals surface area contributed by atoms with Crippen molar-refractivity contribution in [3.8, 4) is 0 Å². The van der Waals surface area contributed by atoms with Crippen LogP contribution >= 0.6 is 0 Å². The van der Waals surface area contributed by atoms with Crippen molar-refractivity contribution in [2.45, 2.75) is 70.5 Å². The van der Waals surface area contributed by atoms with Gasteiger partial charge in [0.05, 0.1) is 18.8 Å². The van der Waals surface area contributed by atoms with Gasteiger partial charge in [0.2, 0.25) is 0 Å². The molecule has 0 aromatic carbocycles. The van der Waals surface area contributed by atoms with Crippen molar-refractivity contribution in [1.29, 1.82) is 0 Å². The molecule has 2 fully saturated rings. The SMILES string of the molecule is CCCC1CCC(CN)C(OCC2CCCCO2)C1. The summed E-state index contributed by atoms with van der Waals surface area (Å²) >= 11 is 0. The van der Waals surface area contributed by atoms with Crippen molar-refractivity contribution >= 4 is 0 Å². The Morgan fingerprint density at radius 2 is 2.11 bits per heavy atom. The smallest absolute Gasteiger partial charge is 0.0808 e. The molecule has 2 rings (SSSR count).